The van der Waals surface area contributed by atoms with Crippen LogP contribution in [0.25, 0.3) is 0 Å². The highest BCUT2D eigenvalue weighted by Crippen LogP contribution is 2.32. The van der Waals surface area contributed by atoms with Gasteiger partial charge in [-0.1, -0.05) is 0 Å². The van der Waals surface area contributed by atoms with Crippen LogP contribution in [0.5, 0.6) is 0 Å². The minimum Gasteiger partial charge on any atom is -0.391 e. The second kappa shape index (κ2) is 3.70. The molecule has 0 bridgehead atoms. The molecule has 2 rings (SSSR count). The van der Waals surface area contributed by atoms with Gasteiger partial charge in [-0.3, -0.25) is 4.79 Å². The number of hydrogen-bond donors (Lipinski definition) is 3. The maximum Gasteiger partial charge on any atom is 0.292 e. The van der Waals surface area contributed by atoms with Gasteiger partial charge in [-0.15, -0.1) is 10.2 Å². The van der Waals surface area contributed by atoms with E-state index in [1.165, 1.54) is 0 Å². The Morgan fingerprint density at radius 1 is 1.71 bits per heavy atom. The van der Waals surface area contributed by atoms with E-state index in [4.69, 9.17) is 0 Å². The number of nitrogens with zero attached hydrogens (tertiary/aromatic N) is 3. The summed E-state index contributed by atoms with van der Waals surface area (Å²) in [7, 11) is 0. The molecule has 1 aliphatic carbocycles. The summed E-state index contributed by atoms with van der Waals surface area (Å²) >= 11 is 0. The predicted octanol–water partition coefficient (Wildman–Crippen LogP) is -1.30. The van der Waals surface area contributed by atoms with Crippen LogP contribution in [0.4, 0.5) is 0 Å². The number of aromatic nitrogens is 4. The van der Waals surface area contributed by atoms with Crippen LogP contribution in [-0.2, 0) is 0 Å². The lowest BCUT2D eigenvalue weighted by atomic mass is 10.2. The van der Waals surface area contributed by atoms with Gasteiger partial charge in [0.05, 0.1) is 6.10 Å². The Labute approximate surface area is 79.9 Å². The second-order valence-corrected chi connectivity index (χ2v) is 3.35. The van der Waals surface area contributed by atoms with Gasteiger partial charge in [0.2, 0.25) is 0 Å². The lowest BCUT2D eigenvalue weighted by Crippen LogP contribution is -2.33. The topological polar surface area (TPSA) is 104 Å². The monoisotopic (exact) mass is 197 g/mol. The number of nitrogens with one attached hydrogen (secondary N) is 2. The van der Waals surface area contributed by atoms with E-state index in [1.54, 1.807) is 0 Å². The summed E-state index contributed by atoms with van der Waals surface area (Å²) < 4.78 is 0. The van der Waals surface area contributed by atoms with Crippen LogP contribution in [0.15, 0.2) is 0 Å². The molecule has 3 N–H and O–H groups in total. The van der Waals surface area contributed by atoms with E-state index in [9.17, 15) is 9.90 Å². The number of rotatable bonds is 4. The van der Waals surface area contributed by atoms with Crippen molar-refractivity contribution in [3.05, 3.63) is 5.82 Å². The Morgan fingerprint density at radius 3 is 3.07 bits per heavy atom. The largest absolute Gasteiger partial charge is 0.391 e. The van der Waals surface area contributed by atoms with E-state index >= 15 is 0 Å². The first kappa shape index (κ1) is 9.07. The fourth-order valence-corrected chi connectivity index (χ4v) is 1.18. The third-order valence-electron chi connectivity index (χ3n) is 2.19. The maximum atomic E-state index is 11.2. The third-order valence-corrected chi connectivity index (χ3v) is 2.19. The highest BCUT2D eigenvalue weighted by Gasteiger charge is 2.29. The molecule has 14 heavy (non-hydrogen) atoms. The third kappa shape index (κ3) is 2.05. The summed E-state index contributed by atoms with van der Waals surface area (Å²) in [5.74, 6) is -0.0768. The molecule has 1 fully saturated rings. The van der Waals surface area contributed by atoms with E-state index in [0.717, 1.165) is 12.8 Å². The summed E-state index contributed by atoms with van der Waals surface area (Å²) in [6.45, 7) is 0.248. The molecule has 1 aromatic heterocycles. The molecule has 0 aromatic carbocycles. The SMILES string of the molecule is O=C(NCC(O)C1CC1)c1nn[nH]n1. The fraction of sp³-hybridized carbons (Fsp3) is 0.714. The maximum absolute atomic E-state index is 11.2. The molecule has 1 unspecified atom stereocenters. The number of tetrazole rings is 1. The lowest BCUT2D eigenvalue weighted by molar-refractivity contribution is 0.0891. The summed E-state index contributed by atoms with van der Waals surface area (Å²) in [6.07, 6.45) is 1.63. The average Bonchev–Trinajstić information content (AvgIpc) is 2.90. The van der Waals surface area contributed by atoms with Crippen molar-refractivity contribution in [2.75, 3.05) is 6.54 Å². The van der Waals surface area contributed by atoms with Crippen LogP contribution in [0.3, 0.4) is 0 Å². The number of hydrogen-bond acceptors (Lipinski definition) is 5. The number of aromatic amines is 1. The van der Waals surface area contributed by atoms with Gasteiger partial charge in [-0.05, 0) is 24.0 Å². The van der Waals surface area contributed by atoms with Gasteiger partial charge in [-0.2, -0.15) is 5.21 Å². The van der Waals surface area contributed by atoms with Crippen molar-refractivity contribution in [1.29, 1.82) is 0 Å². The number of H-pyrrole nitrogens is 1. The number of carbonyl (C=O) groups excluding carboxylic acids is 1. The highest BCUT2D eigenvalue weighted by molar-refractivity contribution is 5.89. The molecule has 1 amide bonds. The number of carbonyl (C=O) groups is 1. The molecule has 0 radical (unpaired) electrons. The van der Waals surface area contributed by atoms with Gasteiger partial charge in [0, 0.05) is 6.54 Å². The quantitative estimate of drug-likeness (QED) is 0.556. The Morgan fingerprint density at radius 2 is 2.50 bits per heavy atom. The first-order valence-electron chi connectivity index (χ1n) is 4.47. The van der Waals surface area contributed by atoms with Gasteiger partial charge in [-0.25, -0.2) is 0 Å². The highest BCUT2D eigenvalue weighted by atomic mass is 16.3. The van der Waals surface area contributed by atoms with Crippen LogP contribution in [-0.4, -0.2) is 44.3 Å². The summed E-state index contributed by atoms with van der Waals surface area (Å²) in [6, 6.07) is 0. The molecule has 0 spiro atoms. The van der Waals surface area contributed by atoms with Crippen molar-refractivity contribution in [3.8, 4) is 0 Å². The molecule has 0 aliphatic heterocycles. The van der Waals surface area contributed by atoms with Crippen LogP contribution in [0.1, 0.15) is 23.5 Å². The van der Waals surface area contributed by atoms with Crippen molar-refractivity contribution < 1.29 is 9.90 Å². The van der Waals surface area contributed by atoms with Crippen molar-refractivity contribution in [3.63, 3.8) is 0 Å². The minimum atomic E-state index is -0.453. The van der Waals surface area contributed by atoms with E-state index in [2.05, 4.69) is 25.9 Å². The molecule has 1 saturated carbocycles. The minimum absolute atomic E-state index is 0.00648. The zero-order valence-electron chi connectivity index (χ0n) is 7.47. The van der Waals surface area contributed by atoms with Gasteiger partial charge in [0.1, 0.15) is 0 Å². The first-order valence-corrected chi connectivity index (χ1v) is 4.47. The molecule has 1 aromatic rings. The van der Waals surface area contributed by atoms with E-state index in [0.29, 0.717) is 5.92 Å². The number of aliphatic hydroxyl groups excluding tert-OH is 1. The smallest absolute Gasteiger partial charge is 0.292 e. The summed E-state index contributed by atoms with van der Waals surface area (Å²) in [5, 5.41) is 24.5. The molecule has 76 valence electrons. The summed E-state index contributed by atoms with van der Waals surface area (Å²) in [4.78, 5) is 11.2. The Balaban J connectivity index is 1.77. The van der Waals surface area contributed by atoms with Crippen molar-refractivity contribution in [2.45, 2.75) is 18.9 Å². The van der Waals surface area contributed by atoms with Crippen molar-refractivity contribution in [1.82, 2.24) is 25.9 Å². The molecular weight excluding hydrogens is 186 g/mol. The zero-order valence-corrected chi connectivity index (χ0v) is 7.47. The fourth-order valence-electron chi connectivity index (χ4n) is 1.18. The summed E-state index contributed by atoms with van der Waals surface area (Å²) in [5.41, 5.74) is 0. The van der Waals surface area contributed by atoms with Crippen molar-refractivity contribution in [2.24, 2.45) is 5.92 Å². The standard InChI is InChI=1S/C7H11N5O2/c13-5(4-1-2-4)3-8-7(14)6-9-11-12-10-6/h4-5,13H,1-3H2,(H,8,14)(H,9,10,11,12). The Hall–Kier alpha value is -1.50. The van der Waals surface area contributed by atoms with E-state index in [1.807, 2.05) is 0 Å². The Bertz CT molecular complexity index is 308. The number of amides is 1. The lowest BCUT2D eigenvalue weighted by Gasteiger charge is -2.08. The first-order chi connectivity index (χ1) is 6.77. The predicted molar refractivity (Wildman–Crippen MR) is 45.2 cm³/mol. The zero-order chi connectivity index (χ0) is 9.97. The molecular formula is C7H11N5O2. The normalized spacial score (nSPS) is 17.8. The van der Waals surface area contributed by atoms with Crippen LogP contribution in [0, 0.1) is 5.92 Å². The van der Waals surface area contributed by atoms with Gasteiger partial charge in [0.25, 0.3) is 11.7 Å². The molecule has 1 heterocycles. The van der Waals surface area contributed by atoms with E-state index in [-0.39, 0.29) is 12.4 Å². The van der Waals surface area contributed by atoms with Crippen molar-refractivity contribution >= 4 is 5.91 Å². The second-order valence-electron chi connectivity index (χ2n) is 3.35. The molecule has 7 heteroatoms. The molecule has 0 saturated heterocycles. The van der Waals surface area contributed by atoms with Gasteiger partial charge < -0.3 is 10.4 Å². The number of aliphatic hydroxyl groups is 1. The van der Waals surface area contributed by atoms with E-state index < -0.39 is 12.0 Å². The van der Waals surface area contributed by atoms with Gasteiger partial charge in [0.15, 0.2) is 0 Å². The van der Waals surface area contributed by atoms with Crippen LogP contribution >= 0.6 is 0 Å². The Kier molecular flexibility index (Phi) is 2.40. The average molecular weight is 197 g/mol. The van der Waals surface area contributed by atoms with Crippen LogP contribution < -0.4 is 5.32 Å². The van der Waals surface area contributed by atoms with Crippen LogP contribution in [0.2, 0.25) is 0 Å². The molecule has 1 aliphatic rings. The molecule has 7 nitrogen and oxygen atoms in total. The molecule has 1 atom stereocenters. The van der Waals surface area contributed by atoms with Gasteiger partial charge >= 0.3 is 0 Å².